The van der Waals surface area contributed by atoms with E-state index in [-0.39, 0.29) is 87.0 Å². The highest BCUT2D eigenvalue weighted by Crippen LogP contribution is 2.59. The zero-order valence-corrected chi connectivity index (χ0v) is 65.6. The predicted octanol–water partition coefficient (Wildman–Crippen LogP) is 11.4. The van der Waals surface area contributed by atoms with Crippen LogP contribution in [0.4, 0.5) is 19.0 Å². The molecular formula is C89H89F3N12O14. The molecule has 0 spiro atoms. The Bertz CT molecular complexity index is 5580. The first-order valence-electron chi connectivity index (χ1n) is 38.7. The van der Waals surface area contributed by atoms with Crippen LogP contribution in [0.2, 0.25) is 0 Å². The number of pyridine rings is 5. The fourth-order valence-electron chi connectivity index (χ4n) is 16.3. The lowest BCUT2D eigenvalue weighted by molar-refractivity contribution is -0.149. The fourth-order valence-corrected chi connectivity index (χ4v) is 16.3. The maximum Gasteiger partial charge on any atom is 0.312 e. The Kier molecular flexibility index (Phi) is 24.7. The van der Waals surface area contributed by atoms with E-state index in [0.29, 0.717) is 49.4 Å². The van der Waals surface area contributed by atoms with Crippen molar-refractivity contribution in [2.24, 2.45) is 34.0 Å². The van der Waals surface area contributed by atoms with Gasteiger partial charge in [-0.1, -0.05) is 72.8 Å². The second-order valence-corrected chi connectivity index (χ2v) is 30.8. The van der Waals surface area contributed by atoms with Gasteiger partial charge in [0.15, 0.2) is 34.7 Å². The summed E-state index contributed by atoms with van der Waals surface area (Å²) in [6.07, 6.45) is 8.94. The van der Waals surface area contributed by atoms with E-state index in [0.717, 1.165) is 97.2 Å². The molecule has 7 heterocycles. The number of para-hydroxylation sites is 3. The van der Waals surface area contributed by atoms with Gasteiger partial charge < -0.3 is 43.3 Å². The van der Waals surface area contributed by atoms with E-state index in [1.165, 1.54) is 42.3 Å². The van der Waals surface area contributed by atoms with E-state index < -0.39 is 75.1 Å². The van der Waals surface area contributed by atoms with Crippen LogP contribution in [-0.2, 0) is 77.3 Å². The van der Waals surface area contributed by atoms with Crippen molar-refractivity contribution in [1.82, 2.24) is 56.1 Å². The minimum Gasteiger partial charge on any atom is -0.486 e. The van der Waals surface area contributed by atoms with Gasteiger partial charge in [0.25, 0.3) is 0 Å². The molecule has 5 fully saturated rings. The minimum atomic E-state index is -1.12. The van der Waals surface area contributed by atoms with Gasteiger partial charge in [-0.05, 0) is 173 Å². The van der Waals surface area contributed by atoms with Crippen molar-refractivity contribution in [1.29, 1.82) is 0 Å². The fraction of sp³-hybridized carbons (Fsp3) is 0.315. The van der Waals surface area contributed by atoms with Crippen LogP contribution in [0.1, 0.15) is 59.1 Å². The first kappa shape index (κ1) is 82.0. The third kappa shape index (κ3) is 17.7. The number of amides is 5. The molecule has 7 atom stereocenters. The molecule has 26 nitrogen and oxygen atoms in total. The molecule has 5 aliphatic rings. The van der Waals surface area contributed by atoms with E-state index in [1.807, 2.05) is 129 Å². The lowest BCUT2D eigenvalue weighted by atomic mass is 9.91. The number of rotatable bonds is 25. The third-order valence-electron chi connectivity index (χ3n) is 22.9. The number of ether oxygens (including phenoxy) is 5. The van der Waals surface area contributed by atoms with Crippen LogP contribution in [0.5, 0.6) is 17.2 Å². The summed E-state index contributed by atoms with van der Waals surface area (Å²) in [6.45, 7) is 4.34. The van der Waals surface area contributed by atoms with Crippen molar-refractivity contribution in [2.45, 2.75) is 70.8 Å². The summed E-state index contributed by atoms with van der Waals surface area (Å²) in [6, 6.07) is 50.6. The first-order chi connectivity index (χ1) is 57.0. The van der Waals surface area contributed by atoms with Crippen LogP contribution in [0.3, 0.4) is 0 Å². The Morgan fingerprint density at radius 1 is 0.500 bits per heavy atom. The van der Waals surface area contributed by atoms with E-state index in [1.54, 1.807) is 84.5 Å². The van der Waals surface area contributed by atoms with Crippen molar-refractivity contribution < 1.29 is 81.2 Å². The number of benzene rings is 6. The number of likely N-dealkylation sites (N-methyl/N-ethyl adjacent to an activating group) is 1. The molecule has 5 amide bonds. The quantitative estimate of drug-likeness (QED) is 0.0176. The van der Waals surface area contributed by atoms with Crippen molar-refractivity contribution in [3.8, 4) is 39.8 Å². The molecule has 3 saturated carbocycles. The number of hydrogen-bond donors (Lipinski definition) is 6. The number of halogens is 3. The van der Waals surface area contributed by atoms with Gasteiger partial charge in [-0.25, -0.2) is 44.6 Å². The van der Waals surface area contributed by atoms with Gasteiger partial charge >= 0.3 is 5.97 Å². The number of hydroxylamine groups is 3. The molecule has 118 heavy (non-hydrogen) atoms. The third-order valence-corrected chi connectivity index (χ3v) is 22.9. The number of nitrogens with zero attached hydrogens (tertiary/aromatic N) is 9. The average molecular weight is 1610 g/mol. The second kappa shape index (κ2) is 35.5. The van der Waals surface area contributed by atoms with Gasteiger partial charge in [-0.2, -0.15) is 0 Å². The highest BCUT2D eigenvalue weighted by molar-refractivity contribution is 5.97. The van der Waals surface area contributed by atoms with E-state index in [2.05, 4.69) is 19.8 Å². The number of methoxy groups -OCH3 is 1. The van der Waals surface area contributed by atoms with Crippen LogP contribution in [-0.4, -0.2) is 171 Å². The lowest BCUT2D eigenvalue weighted by Crippen LogP contribution is -2.41. The Morgan fingerprint density at radius 3 is 1.32 bits per heavy atom. The number of aromatic nitrogens is 5. The predicted molar refractivity (Wildman–Crippen MR) is 429 cm³/mol. The van der Waals surface area contributed by atoms with Gasteiger partial charge in [0, 0.05) is 115 Å². The van der Waals surface area contributed by atoms with Crippen LogP contribution < -0.4 is 35.6 Å². The zero-order valence-electron chi connectivity index (χ0n) is 65.6. The molecule has 0 bridgehead atoms. The lowest BCUT2D eigenvalue weighted by Gasteiger charge is -2.28. The summed E-state index contributed by atoms with van der Waals surface area (Å²) in [7, 11) is 8.42. The largest absolute Gasteiger partial charge is 0.486 e. The summed E-state index contributed by atoms with van der Waals surface area (Å²) >= 11 is 0. The molecule has 11 aromatic rings. The van der Waals surface area contributed by atoms with Crippen LogP contribution in [0.15, 0.2) is 195 Å². The minimum absolute atomic E-state index is 0.0742. The highest BCUT2D eigenvalue weighted by atomic mass is 19.1. The van der Waals surface area contributed by atoms with E-state index in [4.69, 9.17) is 49.1 Å². The molecule has 1 unspecified atom stereocenters. The van der Waals surface area contributed by atoms with Gasteiger partial charge in [0.1, 0.15) is 25.6 Å². The Labute approximate surface area is 677 Å². The zero-order chi connectivity index (χ0) is 83.0. The molecule has 29 heteroatoms. The van der Waals surface area contributed by atoms with Crippen LogP contribution in [0.25, 0.3) is 55.2 Å². The molecule has 0 radical (unpaired) electrons. The number of hydrogen-bond acceptors (Lipinski definition) is 21. The number of nitrogens with one attached hydrogen (secondary N) is 3. The van der Waals surface area contributed by atoms with Gasteiger partial charge in [-0.3, -0.25) is 54.4 Å². The number of carbonyl (C=O) groups is 6. The van der Waals surface area contributed by atoms with Crippen molar-refractivity contribution in [2.75, 3.05) is 79.6 Å². The Balaban J connectivity index is 0.000000146. The van der Waals surface area contributed by atoms with Crippen molar-refractivity contribution in [3.05, 3.63) is 245 Å². The Hall–Kier alpha value is -12.5. The number of likely N-dealkylation sites (tertiary alicyclic amines) is 1. The summed E-state index contributed by atoms with van der Waals surface area (Å²) in [4.78, 5) is 105. The molecule has 3 aliphatic carbocycles. The summed E-state index contributed by atoms with van der Waals surface area (Å²) < 4.78 is 73.7. The number of fused-ring (bicyclic) bond motifs is 3. The molecule has 2 saturated heterocycles. The molecule has 2 aliphatic heterocycles. The molecular weight excluding hydrogens is 1520 g/mol. The maximum absolute atomic E-state index is 15.4. The van der Waals surface area contributed by atoms with Gasteiger partial charge in [-0.15, -0.1) is 0 Å². The normalized spacial score (nSPS) is 20.2. The highest BCUT2D eigenvalue weighted by Gasteiger charge is 2.66. The summed E-state index contributed by atoms with van der Waals surface area (Å²) in [5.74, 6) is -5.48. The average Bonchev–Trinajstić information content (AvgIpc) is 1.58. The smallest absolute Gasteiger partial charge is 0.312 e. The number of morpholine rings is 1. The van der Waals surface area contributed by atoms with Crippen molar-refractivity contribution in [3.63, 3.8) is 0 Å². The van der Waals surface area contributed by atoms with Crippen LogP contribution >= 0.6 is 0 Å². The first-order valence-corrected chi connectivity index (χ1v) is 38.7. The standard InChI is InChI=1S/C33H34FN5O4.C29H27FN4O4.C27H28FN3O6/c1-38(2)24-11-14-39(19-24)32(41)33(18-26(33)31(40)37-42)17-21-7-8-30(27(34)15-21)43-20-23-16-29(22-9-12-35-13-10-22)36-28-6-4-3-5-25(23)28;1-34(2)28(36)29(16-22(29)27(35)33-37)15-18-7-8-26(23(30)13-18)38-17-20-14-25(19-9-11-31-12-10-19)32-24-6-4-3-5-21(20)24;1-35-26(33)27(15-20(27)25(32)30-34)14-17-6-7-23(21(28)12-17)37-16-18-13-24(31-8-10-36-11-9-31)29-22-5-3-2-4-19(18)22/h3-10,12-13,15-16,24,26,42H,11,14,17-20H2,1-2H3,(H,37,40);3-14,22,37H,15-17H2,1-2H3,(H,33,35);2-7,12-13,20,34H,8-11,14-16H2,1H3,(H,30,32)/t24?,26-,33+;22-,29+;20-,27+/m111/s1. The molecule has 16 rings (SSSR count). The SMILES string of the molecule is CN(C)C(=O)[C@@]1(Cc2ccc(OCc3cc(-c4ccncc4)nc4ccccc34)c(F)c2)C[C@@H]1C(=O)NO.CN(C)C1CCN(C(=O)[C@@]2(Cc3ccc(OCc4cc(-c5ccncc5)nc5ccccc45)c(F)c3)C[C@@H]2C(=O)NO)C1.COC(=O)[C@@]1(Cc2ccc(OCc3cc(N4CCOCC4)nc4ccccc34)c(F)c2)C[C@@H]1C(=O)NO. The number of esters is 1. The Morgan fingerprint density at radius 2 is 0.898 bits per heavy atom. The molecule has 6 aromatic carbocycles. The molecule has 6 N–H and O–H groups in total. The van der Waals surface area contributed by atoms with Gasteiger partial charge in [0.05, 0.1) is 82.3 Å². The van der Waals surface area contributed by atoms with E-state index in [9.17, 15) is 34.0 Å². The van der Waals surface area contributed by atoms with Crippen molar-refractivity contribution >= 4 is 74.0 Å². The topological polar surface area (TPSA) is 323 Å². The maximum atomic E-state index is 15.4. The molecule has 610 valence electrons. The molecule has 5 aromatic heterocycles. The van der Waals surface area contributed by atoms with Crippen LogP contribution in [0, 0.1) is 51.5 Å². The van der Waals surface area contributed by atoms with Gasteiger partial charge in [0.2, 0.25) is 29.5 Å². The summed E-state index contributed by atoms with van der Waals surface area (Å²) in [5, 5.41) is 30.0. The number of anilines is 1. The number of carbonyl (C=O) groups excluding carboxylic acids is 6. The second-order valence-electron chi connectivity index (χ2n) is 30.8. The van der Waals surface area contributed by atoms with E-state index >= 15 is 13.2 Å². The summed E-state index contributed by atoms with van der Waals surface area (Å²) in [5.41, 5.74) is 11.9. The monoisotopic (exact) mass is 1610 g/mol.